The molecule has 2 aromatic rings. The van der Waals surface area contributed by atoms with Crippen molar-refractivity contribution in [3.63, 3.8) is 0 Å². The van der Waals surface area contributed by atoms with E-state index in [1.165, 1.54) is 0 Å². The monoisotopic (exact) mass is 480 g/mol. The van der Waals surface area contributed by atoms with Crippen molar-refractivity contribution in [2.24, 2.45) is 0 Å². The normalized spacial score (nSPS) is 13.3. The Balaban J connectivity index is 1.52. The zero-order valence-electron chi connectivity index (χ0n) is 20.3. The van der Waals surface area contributed by atoms with Gasteiger partial charge in [-0.15, -0.1) is 0 Å². The lowest BCUT2D eigenvalue weighted by atomic mass is 10.1. The van der Waals surface area contributed by atoms with Crippen molar-refractivity contribution in [3.8, 4) is 0 Å². The van der Waals surface area contributed by atoms with E-state index in [9.17, 15) is 19.2 Å². The third-order valence-corrected chi connectivity index (χ3v) is 5.28. The first kappa shape index (κ1) is 25.7. The highest BCUT2D eigenvalue weighted by atomic mass is 16.6. The molecule has 9 heteroatoms. The number of likely N-dealkylation sites (tertiary alicyclic amines) is 1. The van der Waals surface area contributed by atoms with E-state index >= 15 is 0 Å². The smallest absolute Gasteiger partial charge is 0.412 e. The standard InChI is InChI=1S/C26H32N4O5/c1-26(2,3)35-25(34)29-21-9-5-4-8-20(21)28-24(33)19-13-11-18(12-14-19)23(32)27-15-7-17-30-16-6-10-22(30)31/h4-5,8-9,11-14H,6-7,10,15-17H2,1-3H3,(H,27,32)(H,28,33)(H,29,34). The van der Waals surface area contributed by atoms with Crippen LogP contribution in [0.2, 0.25) is 0 Å². The van der Waals surface area contributed by atoms with Gasteiger partial charge in [0.2, 0.25) is 5.91 Å². The molecule has 0 spiro atoms. The van der Waals surface area contributed by atoms with E-state index < -0.39 is 11.7 Å². The van der Waals surface area contributed by atoms with E-state index in [0.29, 0.717) is 48.4 Å². The molecule has 0 aliphatic carbocycles. The van der Waals surface area contributed by atoms with E-state index in [0.717, 1.165) is 13.0 Å². The van der Waals surface area contributed by atoms with Crippen LogP contribution in [-0.2, 0) is 9.53 Å². The summed E-state index contributed by atoms with van der Waals surface area (Å²) >= 11 is 0. The molecule has 0 radical (unpaired) electrons. The number of benzene rings is 2. The average Bonchev–Trinajstić information content (AvgIpc) is 3.21. The van der Waals surface area contributed by atoms with Gasteiger partial charge in [0.25, 0.3) is 11.8 Å². The van der Waals surface area contributed by atoms with E-state index in [-0.39, 0.29) is 17.7 Å². The fourth-order valence-electron chi connectivity index (χ4n) is 3.60. The van der Waals surface area contributed by atoms with E-state index in [1.807, 2.05) is 4.90 Å². The maximum absolute atomic E-state index is 12.7. The minimum atomic E-state index is -0.650. The van der Waals surface area contributed by atoms with Crippen LogP contribution < -0.4 is 16.0 Å². The van der Waals surface area contributed by atoms with Gasteiger partial charge in [0.1, 0.15) is 5.60 Å². The predicted molar refractivity (Wildman–Crippen MR) is 133 cm³/mol. The first-order valence-electron chi connectivity index (χ1n) is 11.7. The molecule has 0 aromatic heterocycles. The summed E-state index contributed by atoms with van der Waals surface area (Å²) in [5.74, 6) is -0.448. The molecular weight excluding hydrogens is 448 g/mol. The predicted octanol–water partition coefficient (Wildman–Crippen LogP) is 4.03. The van der Waals surface area contributed by atoms with Crippen molar-refractivity contribution in [3.05, 3.63) is 59.7 Å². The minimum Gasteiger partial charge on any atom is -0.444 e. The molecule has 4 amide bonds. The summed E-state index contributed by atoms with van der Waals surface area (Å²) < 4.78 is 5.27. The number of hydrogen-bond donors (Lipinski definition) is 3. The number of nitrogens with zero attached hydrogens (tertiary/aromatic N) is 1. The van der Waals surface area contributed by atoms with E-state index in [2.05, 4.69) is 16.0 Å². The molecule has 1 fully saturated rings. The molecule has 0 unspecified atom stereocenters. The summed E-state index contributed by atoms with van der Waals surface area (Å²) in [7, 11) is 0. The molecule has 0 atom stereocenters. The van der Waals surface area contributed by atoms with Gasteiger partial charge >= 0.3 is 6.09 Å². The van der Waals surface area contributed by atoms with Crippen molar-refractivity contribution in [2.45, 2.75) is 45.6 Å². The number of carbonyl (C=O) groups is 4. The average molecular weight is 481 g/mol. The van der Waals surface area contributed by atoms with Crippen molar-refractivity contribution < 1.29 is 23.9 Å². The first-order valence-corrected chi connectivity index (χ1v) is 11.7. The summed E-state index contributed by atoms with van der Waals surface area (Å²) in [4.78, 5) is 50.7. The zero-order chi connectivity index (χ0) is 25.4. The molecule has 35 heavy (non-hydrogen) atoms. The number of para-hydroxylation sites is 2. The van der Waals surface area contributed by atoms with Crippen LogP contribution in [0.3, 0.4) is 0 Å². The molecule has 3 N–H and O–H groups in total. The van der Waals surface area contributed by atoms with Crippen molar-refractivity contribution in [2.75, 3.05) is 30.3 Å². The summed E-state index contributed by atoms with van der Waals surface area (Å²) in [6.07, 6.45) is 1.57. The van der Waals surface area contributed by atoms with Crippen LogP contribution in [0.15, 0.2) is 48.5 Å². The Hall–Kier alpha value is -3.88. The maximum atomic E-state index is 12.7. The van der Waals surface area contributed by atoms with Gasteiger partial charge in [0.05, 0.1) is 11.4 Å². The summed E-state index contributed by atoms with van der Waals surface area (Å²) in [5, 5.41) is 8.25. The van der Waals surface area contributed by atoms with Crippen LogP contribution in [0, 0.1) is 0 Å². The molecule has 0 saturated carbocycles. The van der Waals surface area contributed by atoms with Gasteiger partial charge in [-0.25, -0.2) is 4.79 Å². The molecule has 1 saturated heterocycles. The molecule has 1 aliphatic heterocycles. The van der Waals surface area contributed by atoms with Crippen molar-refractivity contribution >= 4 is 35.2 Å². The molecule has 2 aromatic carbocycles. The largest absolute Gasteiger partial charge is 0.444 e. The van der Waals surface area contributed by atoms with Gasteiger partial charge in [-0.05, 0) is 70.0 Å². The van der Waals surface area contributed by atoms with E-state index in [4.69, 9.17) is 4.74 Å². The van der Waals surface area contributed by atoms with Gasteiger partial charge in [-0.1, -0.05) is 12.1 Å². The molecule has 186 valence electrons. The summed E-state index contributed by atoms with van der Waals surface area (Å²) in [6, 6.07) is 13.1. The summed E-state index contributed by atoms with van der Waals surface area (Å²) in [6.45, 7) is 7.19. The number of anilines is 2. The van der Waals surface area contributed by atoms with E-state index in [1.54, 1.807) is 69.3 Å². The minimum absolute atomic E-state index is 0.174. The summed E-state index contributed by atoms with van der Waals surface area (Å²) in [5.41, 5.74) is 0.971. The fraction of sp³-hybridized carbons (Fsp3) is 0.385. The number of ether oxygens (including phenoxy) is 1. The Morgan fingerprint density at radius 1 is 0.914 bits per heavy atom. The molecule has 9 nitrogen and oxygen atoms in total. The molecule has 3 rings (SSSR count). The number of amides is 4. The Bertz CT molecular complexity index is 1080. The molecule has 1 heterocycles. The quantitative estimate of drug-likeness (QED) is 0.493. The van der Waals surface area contributed by atoms with Gasteiger partial charge in [-0.2, -0.15) is 0 Å². The van der Waals surface area contributed by atoms with Gasteiger partial charge in [0.15, 0.2) is 0 Å². The lowest BCUT2D eigenvalue weighted by Crippen LogP contribution is -2.30. The zero-order valence-corrected chi connectivity index (χ0v) is 20.3. The molecular formula is C26H32N4O5. The third kappa shape index (κ3) is 7.84. The second kappa shape index (κ2) is 11.5. The Kier molecular flexibility index (Phi) is 8.46. The lowest BCUT2D eigenvalue weighted by molar-refractivity contribution is -0.127. The first-order chi connectivity index (χ1) is 16.6. The third-order valence-electron chi connectivity index (χ3n) is 5.28. The SMILES string of the molecule is CC(C)(C)OC(=O)Nc1ccccc1NC(=O)c1ccc(C(=O)NCCCN2CCCC2=O)cc1. The number of nitrogens with one attached hydrogen (secondary N) is 3. The highest BCUT2D eigenvalue weighted by Gasteiger charge is 2.20. The van der Waals surface area contributed by atoms with Crippen LogP contribution in [-0.4, -0.2) is 54.0 Å². The second-order valence-corrected chi connectivity index (χ2v) is 9.30. The Morgan fingerprint density at radius 2 is 1.51 bits per heavy atom. The van der Waals surface area contributed by atoms with Gasteiger partial charge in [0, 0.05) is 37.2 Å². The Morgan fingerprint density at radius 3 is 2.09 bits per heavy atom. The Labute approximate surface area is 205 Å². The van der Waals surface area contributed by atoms with Crippen molar-refractivity contribution in [1.29, 1.82) is 0 Å². The van der Waals surface area contributed by atoms with Gasteiger partial charge < -0.3 is 20.3 Å². The number of carbonyl (C=O) groups excluding carboxylic acids is 4. The molecule has 0 bridgehead atoms. The molecule has 1 aliphatic rings. The lowest BCUT2D eigenvalue weighted by Gasteiger charge is -2.20. The highest BCUT2D eigenvalue weighted by Crippen LogP contribution is 2.23. The highest BCUT2D eigenvalue weighted by molar-refractivity contribution is 6.07. The second-order valence-electron chi connectivity index (χ2n) is 9.30. The van der Waals surface area contributed by atoms with Crippen LogP contribution in [0.5, 0.6) is 0 Å². The van der Waals surface area contributed by atoms with Gasteiger partial charge in [-0.3, -0.25) is 19.7 Å². The number of rotatable bonds is 8. The van der Waals surface area contributed by atoms with Crippen LogP contribution in [0.25, 0.3) is 0 Å². The number of hydrogen-bond acceptors (Lipinski definition) is 5. The van der Waals surface area contributed by atoms with Crippen LogP contribution >= 0.6 is 0 Å². The maximum Gasteiger partial charge on any atom is 0.412 e. The van der Waals surface area contributed by atoms with Crippen molar-refractivity contribution in [1.82, 2.24) is 10.2 Å². The fourth-order valence-corrected chi connectivity index (χ4v) is 3.60. The van der Waals surface area contributed by atoms with Crippen LogP contribution in [0.4, 0.5) is 16.2 Å². The van der Waals surface area contributed by atoms with Crippen LogP contribution in [0.1, 0.15) is 60.7 Å². The topological polar surface area (TPSA) is 117 Å².